The number of nitrogens with two attached hydrogens (primary N) is 1. The summed E-state index contributed by atoms with van der Waals surface area (Å²) < 4.78 is 0. The largest absolute Gasteiger partial charge is 0.328 e. The average molecular weight is 245 g/mol. The van der Waals surface area contributed by atoms with Gasteiger partial charge in [-0.1, -0.05) is 12.2 Å². The van der Waals surface area contributed by atoms with E-state index in [1.165, 1.54) is 51.4 Å². The lowest BCUT2D eigenvalue weighted by atomic mass is 9.53. The molecule has 0 aromatic rings. The van der Waals surface area contributed by atoms with Crippen LogP contribution in [-0.4, -0.2) is 6.04 Å². The van der Waals surface area contributed by atoms with E-state index in [4.69, 9.17) is 5.73 Å². The lowest BCUT2D eigenvalue weighted by molar-refractivity contribution is -0.0172. The van der Waals surface area contributed by atoms with Gasteiger partial charge in [-0.05, 0) is 86.9 Å². The first-order valence-corrected chi connectivity index (χ1v) is 8.25. The molecule has 7 atom stereocenters. The Balaban J connectivity index is 1.54. The quantitative estimate of drug-likeness (QED) is 0.646. The third-order valence-electron chi connectivity index (χ3n) is 6.78. The minimum absolute atomic E-state index is 0.521. The minimum Gasteiger partial charge on any atom is -0.328 e. The summed E-state index contributed by atoms with van der Waals surface area (Å²) in [5.74, 6) is 6.15. The van der Waals surface area contributed by atoms with Gasteiger partial charge >= 0.3 is 0 Å². The number of hydrogen-bond donors (Lipinski definition) is 1. The van der Waals surface area contributed by atoms with Crippen molar-refractivity contribution < 1.29 is 0 Å². The zero-order chi connectivity index (χ0) is 12.1. The van der Waals surface area contributed by atoms with Gasteiger partial charge in [0.1, 0.15) is 0 Å². The number of hydrogen-bond acceptors (Lipinski definition) is 1. The molecule has 0 aliphatic heterocycles. The van der Waals surface area contributed by atoms with Crippen LogP contribution >= 0.6 is 0 Å². The van der Waals surface area contributed by atoms with Crippen molar-refractivity contribution >= 4 is 0 Å². The summed E-state index contributed by atoms with van der Waals surface area (Å²) in [4.78, 5) is 0. The van der Waals surface area contributed by atoms with Crippen LogP contribution in [0.4, 0.5) is 0 Å². The highest BCUT2D eigenvalue weighted by Gasteiger charge is 2.48. The second kappa shape index (κ2) is 4.37. The van der Waals surface area contributed by atoms with Gasteiger partial charge in [0.15, 0.2) is 0 Å². The molecular formula is C17H27N. The Morgan fingerprint density at radius 1 is 0.778 bits per heavy atom. The van der Waals surface area contributed by atoms with Crippen molar-refractivity contribution in [3.63, 3.8) is 0 Å². The van der Waals surface area contributed by atoms with Crippen LogP contribution in [0, 0.1) is 35.5 Å². The van der Waals surface area contributed by atoms with Crippen molar-refractivity contribution in [1.82, 2.24) is 0 Å². The Labute approximate surface area is 111 Å². The highest BCUT2D eigenvalue weighted by molar-refractivity contribution is 5.08. The van der Waals surface area contributed by atoms with Crippen molar-refractivity contribution in [1.29, 1.82) is 0 Å². The van der Waals surface area contributed by atoms with E-state index in [9.17, 15) is 0 Å². The normalized spacial score (nSPS) is 54.6. The summed E-state index contributed by atoms with van der Waals surface area (Å²) in [7, 11) is 0. The summed E-state index contributed by atoms with van der Waals surface area (Å²) in [5.41, 5.74) is 6.19. The molecular weight excluding hydrogens is 218 g/mol. The maximum atomic E-state index is 6.19. The van der Waals surface area contributed by atoms with E-state index in [1.54, 1.807) is 0 Å². The van der Waals surface area contributed by atoms with Gasteiger partial charge in [0, 0.05) is 6.04 Å². The number of fused-ring (bicyclic) bond motifs is 5. The van der Waals surface area contributed by atoms with Crippen LogP contribution in [0.15, 0.2) is 12.2 Å². The van der Waals surface area contributed by atoms with Crippen molar-refractivity contribution in [3.8, 4) is 0 Å². The molecule has 4 rings (SSSR count). The summed E-state index contributed by atoms with van der Waals surface area (Å²) in [5, 5.41) is 0. The highest BCUT2D eigenvalue weighted by Crippen LogP contribution is 2.56. The van der Waals surface area contributed by atoms with Gasteiger partial charge < -0.3 is 5.73 Å². The predicted octanol–water partition coefficient (Wildman–Crippen LogP) is 3.74. The molecule has 7 unspecified atom stereocenters. The summed E-state index contributed by atoms with van der Waals surface area (Å²) in [6.45, 7) is 0. The molecule has 0 spiro atoms. The molecule has 0 heterocycles. The summed E-state index contributed by atoms with van der Waals surface area (Å²) in [6.07, 6.45) is 16.5. The van der Waals surface area contributed by atoms with Crippen LogP contribution in [0.3, 0.4) is 0 Å². The molecule has 18 heavy (non-hydrogen) atoms. The van der Waals surface area contributed by atoms with Gasteiger partial charge in [-0.3, -0.25) is 0 Å². The third-order valence-corrected chi connectivity index (χ3v) is 6.78. The highest BCUT2D eigenvalue weighted by atomic mass is 14.7. The molecule has 0 amide bonds. The lowest BCUT2D eigenvalue weighted by Crippen LogP contribution is -2.46. The molecule has 0 aromatic heterocycles. The smallest absolute Gasteiger partial charge is 0.00416 e. The monoisotopic (exact) mass is 245 g/mol. The van der Waals surface area contributed by atoms with Gasteiger partial charge in [-0.25, -0.2) is 0 Å². The van der Waals surface area contributed by atoms with Crippen molar-refractivity contribution in [2.24, 2.45) is 41.2 Å². The fourth-order valence-corrected chi connectivity index (χ4v) is 6.03. The minimum atomic E-state index is 0.521. The predicted molar refractivity (Wildman–Crippen MR) is 75.0 cm³/mol. The van der Waals surface area contributed by atoms with E-state index in [-0.39, 0.29) is 0 Å². The van der Waals surface area contributed by atoms with Crippen LogP contribution in [0.5, 0.6) is 0 Å². The Bertz CT molecular complexity index is 348. The fourth-order valence-electron chi connectivity index (χ4n) is 6.03. The van der Waals surface area contributed by atoms with E-state index in [0.29, 0.717) is 6.04 Å². The zero-order valence-electron chi connectivity index (χ0n) is 11.4. The van der Waals surface area contributed by atoms with Crippen LogP contribution in [0.25, 0.3) is 0 Å². The molecule has 1 nitrogen and oxygen atoms in total. The molecule has 1 heteroatoms. The van der Waals surface area contributed by atoms with Crippen LogP contribution in [0.2, 0.25) is 0 Å². The molecule has 100 valence electrons. The van der Waals surface area contributed by atoms with Crippen molar-refractivity contribution in [2.75, 3.05) is 0 Å². The van der Waals surface area contributed by atoms with Crippen LogP contribution in [0.1, 0.15) is 51.4 Å². The van der Waals surface area contributed by atoms with Gasteiger partial charge in [0.25, 0.3) is 0 Å². The number of rotatable bonds is 0. The second-order valence-electron chi connectivity index (χ2n) is 7.47. The van der Waals surface area contributed by atoms with Crippen LogP contribution < -0.4 is 5.73 Å². The molecule has 0 bridgehead atoms. The standard InChI is InChI=1S/C17H27N/c18-13-6-9-15-12(10-13)5-8-16-14-3-1-2-11(14)4-7-17(15)16/h1-2,11-17H,3-10,18H2. The van der Waals surface area contributed by atoms with Gasteiger partial charge in [0.05, 0.1) is 0 Å². The molecule has 0 aromatic carbocycles. The Hall–Kier alpha value is -0.300. The van der Waals surface area contributed by atoms with Gasteiger partial charge in [-0.2, -0.15) is 0 Å². The molecule has 4 aliphatic carbocycles. The second-order valence-corrected chi connectivity index (χ2v) is 7.47. The number of allylic oxidation sites excluding steroid dienone is 2. The van der Waals surface area contributed by atoms with Gasteiger partial charge in [0.2, 0.25) is 0 Å². The molecule has 3 saturated carbocycles. The Kier molecular flexibility index (Phi) is 2.80. The van der Waals surface area contributed by atoms with Crippen LogP contribution in [-0.2, 0) is 0 Å². The third kappa shape index (κ3) is 1.70. The van der Waals surface area contributed by atoms with E-state index in [1.807, 2.05) is 0 Å². The summed E-state index contributed by atoms with van der Waals surface area (Å²) >= 11 is 0. The molecule has 0 radical (unpaired) electrons. The topological polar surface area (TPSA) is 26.0 Å². The van der Waals surface area contributed by atoms with E-state index < -0.39 is 0 Å². The lowest BCUT2D eigenvalue weighted by Gasteiger charge is -2.52. The van der Waals surface area contributed by atoms with Gasteiger partial charge in [-0.15, -0.1) is 0 Å². The average Bonchev–Trinajstić information content (AvgIpc) is 2.86. The van der Waals surface area contributed by atoms with E-state index in [0.717, 1.165) is 35.5 Å². The summed E-state index contributed by atoms with van der Waals surface area (Å²) in [6, 6.07) is 0.521. The zero-order valence-corrected chi connectivity index (χ0v) is 11.4. The Morgan fingerprint density at radius 3 is 2.50 bits per heavy atom. The van der Waals surface area contributed by atoms with E-state index >= 15 is 0 Å². The van der Waals surface area contributed by atoms with Crippen molar-refractivity contribution in [3.05, 3.63) is 12.2 Å². The first-order valence-electron chi connectivity index (χ1n) is 8.25. The van der Waals surface area contributed by atoms with Crippen molar-refractivity contribution in [2.45, 2.75) is 57.4 Å². The Morgan fingerprint density at radius 2 is 1.56 bits per heavy atom. The van der Waals surface area contributed by atoms with E-state index in [2.05, 4.69) is 12.2 Å². The first kappa shape index (κ1) is 11.5. The maximum absolute atomic E-state index is 6.19. The molecule has 0 saturated heterocycles. The molecule has 2 N–H and O–H groups in total. The molecule has 3 fully saturated rings. The fraction of sp³-hybridized carbons (Fsp3) is 0.882. The SMILES string of the molecule is NC1CCC2C(CCC3C4CC=CC4CCC23)C1. The maximum Gasteiger partial charge on any atom is 0.00416 e. The molecule has 4 aliphatic rings. The first-order chi connectivity index (χ1) is 8.83.